The normalized spacial score (nSPS) is 17.2. The van der Waals surface area contributed by atoms with Gasteiger partial charge in [-0.05, 0) is 48.2 Å². The lowest BCUT2D eigenvalue weighted by molar-refractivity contribution is 0.323. The van der Waals surface area contributed by atoms with Crippen molar-refractivity contribution in [2.24, 2.45) is 0 Å². The van der Waals surface area contributed by atoms with Gasteiger partial charge < -0.3 is 28.4 Å². The van der Waals surface area contributed by atoms with E-state index in [4.69, 9.17) is 28.4 Å². The third-order valence-corrected chi connectivity index (χ3v) is 5.79. The Balaban J connectivity index is 2.24. The van der Waals surface area contributed by atoms with Gasteiger partial charge in [0.25, 0.3) is 0 Å². The van der Waals surface area contributed by atoms with Gasteiger partial charge in [0.05, 0.1) is 54.5 Å². The predicted molar refractivity (Wildman–Crippen MR) is 132 cm³/mol. The van der Waals surface area contributed by atoms with Gasteiger partial charge >= 0.3 is 0 Å². The molecule has 0 aliphatic heterocycles. The van der Waals surface area contributed by atoms with E-state index >= 15 is 0 Å². The Kier molecular flexibility index (Phi) is 8.82. The Hall–Kier alpha value is -3.64. The summed E-state index contributed by atoms with van der Waals surface area (Å²) in [5.74, 6) is 16.6. The zero-order valence-electron chi connectivity index (χ0n) is 20.7. The largest absolute Gasteiger partial charge is 0.493 e. The Morgan fingerprint density at radius 3 is 1.12 bits per heavy atom. The number of hydrogen-bond donors (Lipinski definition) is 0. The number of benzene rings is 2. The van der Waals surface area contributed by atoms with Gasteiger partial charge in [-0.3, -0.25) is 0 Å². The third kappa shape index (κ3) is 5.29. The fourth-order valence-electron chi connectivity index (χ4n) is 4.07. The standard InChI is InChI=1S/C28H32O6/c1-29-23-15-19(16-24(30-2)27(23)33-5)21-13-11-9-7-8-10-12-14-22(21)20-17-25(31-3)28(34-6)26(18-20)32-4/h15-18,21-22H,7-10H2,1-6H3. The smallest absolute Gasteiger partial charge is 0.203 e. The van der Waals surface area contributed by atoms with E-state index in [1.54, 1.807) is 42.7 Å². The number of hydrogen-bond acceptors (Lipinski definition) is 6. The lowest BCUT2D eigenvalue weighted by atomic mass is 9.81. The van der Waals surface area contributed by atoms with Crippen LogP contribution < -0.4 is 28.4 Å². The van der Waals surface area contributed by atoms with Gasteiger partial charge in [-0.1, -0.05) is 11.8 Å². The lowest BCUT2D eigenvalue weighted by Gasteiger charge is -2.24. The topological polar surface area (TPSA) is 55.4 Å². The third-order valence-electron chi connectivity index (χ3n) is 5.79. The van der Waals surface area contributed by atoms with Crippen LogP contribution in [0.3, 0.4) is 0 Å². The van der Waals surface area contributed by atoms with Gasteiger partial charge in [-0.25, -0.2) is 0 Å². The Labute approximate surface area is 202 Å². The first kappa shape index (κ1) is 25.0. The highest BCUT2D eigenvalue weighted by Crippen LogP contribution is 2.46. The molecule has 2 aromatic carbocycles. The van der Waals surface area contributed by atoms with Crippen LogP contribution in [0.2, 0.25) is 0 Å². The second-order valence-corrected chi connectivity index (χ2v) is 7.72. The highest BCUT2D eigenvalue weighted by Gasteiger charge is 2.27. The molecule has 1 aliphatic carbocycles. The van der Waals surface area contributed by atoms with Crippen molar-refractivity contribution in [3.05, 3.63) is 35.4 Å². The minimum absolute atomic E-state index is 0.248. The molecule has 0 heterocycles. The van der Waals surface area contributed by atoms with Crippen molar-refractivity contribution in [1.82, 2.24) is 0 Å². The van der Waals surface area contributed by atoms with E-state index in [1.165, 1.54) is 0 Å². The summed E-state index contributed by atoms with van der Waals surface area (Å²) in [6, 6.07) is 7.77. The van der Waals surface area contributed by atoms with Crippen molar-refractivity contribution < 1.29 is 28.4 Å². The predicted octanol–water partition coefficient (Wildman–Crippen LogP) is 5.19. The molecule has 0 saturated heterocycles. The van der Waals surface area contributed by atoms with E-state index < -0.39 is 0 Å². The summed E-state index contributed by atoms with van der Waals surface area (Å²) in [5.41, 5.74) is 1.85. The monoisotopic (exact) mass is 464 g/mol. The first-order valence-electron chi connectivity index (χ1n) is 11.2. The fourth-order valence-corrected chi connectivity index (χ4v) is 4.07. The summed E-state index contributed by atoms with van der Waals surface area (Å²) in [7, 11) is 9.61. The quantitative estimate of drug-likeness (QED) is 0.502. The van der Waals surface area contributed by atoms with E-state index in [2.05, 4.69) is 23.7 Å². The first-order valence-corrected chi connectivity index (χ1v) is 11.2. The minimum Gasteiger partial charge on any atom is -0.493 e. The molecule has 0 spiro atoms. The summed E-state index contributed by atoms with van der Waals surface area (Å²) in [5, 5.41) is 0. The van der Waals surface area contributed by atoms with Crippen LogP contribution in [0.4, 0.5) is 0 Å². The molecular weight excluding hydrogens is 432 g/mol. The molecule has 180 valence electrons. The second-order valence-electron chi connectivity index (χ2n) is 7.72. The number of ether oxygens (including phenoxy) is 6. The van der Waals surface area contributed by atoms with Gasteiger partial charge in [0.2, 0.25) is 11.5 Å². The van der Waals surface area contributed by atoms with Crippen LogP contribution in [-0.2, 0) is 0 Å². The molecule has 0 bridgehead atoms. The summed E-state index contributed by atoms with van der Waals surface area (Å²) in [4.78, 5) is 0. The van der Waals surface area contributed by atoms with Crippen LogP contribution in [0.1, 0.15) is 48.6 Å². The molecule has 0 fully saturated rings. The second kappa shape index (κ2) is 12.0. The van der Waals surface area contributed by atoms with Crippen LogP contribution in [0.5, 0.6) is 34.5 Å². The maximum atomic E-state index is 5.61. The van der Waals surface area contributed by atoms with Crippen LogP contribution >= 0.6 is 0 Å². The van der Waals surface area contributed by atoms with Gasteiger partial charge in [0, 0.05) is 12.8 Å². The molecule has 3 rings (SSSR count). The highest BCUT2D eigenvalue weighted by atomic mass is 16.5. The maximum Gasteiger partial charge on any atom is 0.203 e. The molecule has 6 heteroatoms. The molecule has 0 radical (unpaired) electrons. The van der Waals surface area contributed by atoms with Gasteiger partial charge in [0.15, 0.2) is 23.0 Å². The van der Waals surface area contributed by atoms with E-state index in [1.807, 2.05) is 24.3 Å². The van der Waals surface area contributed by atoms with Crippen LogP contribution in [0.15, 0.2) is 24.3 Å². The Morgan fingerprint density at radius 2 is 0.853 bits per heavy atom. The molecule has 2 aromatic rings. The minimum atomic E-state index is -0.248. The zero-order valence-corrected chi connectivity index (χ0v) is 20.7. The summed E-state index contributed by atoms with van der Waals surface area (Å²) in [6.45, 7) is 0. The van der Waals surface area contributed by atoms with E-state index in [-0.39, 0.29) is 11.8 Å². The molecule has 1 aliphatic rings. The molecule has 2 unspecified atom stereocenters. The summed E-state index contributed by atoms with van der Waals surface area (Å²) in [6.07, 6.45) is 3.70. The molecule has 0 saturated carbocycles. The van der Waals surface area contributed by atoms with Crippen LogP contribution in [-0.4, -0.2) is 42.7 Å². The van der Waals surface area contributed by atoms with Gasteiger partial charge in [0.1, 0.15) is 0 Å². The van der Waals surface area contributed by atoms with Crippen molar-refractivity contribution in [2.75, 3.05) is 42.7 Å². The molecular formula is C28H32O6. The van der Waals surface area contributed by atoms with Crippen LogP contribution in [0, 0.1) is 23.7 Å². The Bertz CT molecular complexity index is 976. The van der Waals surface area contributed by atoms with E-state index in [0.717, 1.165) is 36.8 Å². The number of rotatable bonds is 8. The van der Waals surface area contributed by atoms with Gasteiger partial charge in [-0.15, -0.1) is 11.8 Å². The van der Waals surface area contributed by atoms with Crippen LogP contribution in [0.25, 0.3) is 0 Å². The molecule has 6 nitrogen and oxygen atoms in total. The van der Waals surface area contributed by atoms with E-state index in [0.29, 0.717) is 34.5 Å². The summed E-state index contributed by atoms with van der Waals surface area (Å²) < 4.78 is 33.5. The van der Waals surface area contributed by atoms with Crippen molar-refractivity contribution in [1.29, 1.82) is 0 Å². The Morgan fingerprint density at radius 1 is 0.529 bits per heavy atom. The van der Waals surface area contributed by atoms with Crippen molar-refractivity contribution in [3.63, 3.8) is 0 Å². The molecule has 34 heavy (non-hydrogen) atoms. The molecule has 2 atom stereocenters. The van der Waals surface area contributed by atoms with Crippen molar-refractivity contribution in [2.45, 2.75) is 37.5 Å². The summed E-state index contributed by atoms with van der Waals surface area (Å²) >= 11 is 0. The molecule has 0 N–H and O–H groups in total. The molecule has 0 aromatic heterocycles. The molecule has 0 amide bonds. The van der Waals surface area contributed by atoms with Crippen molar-refractivity contribution >= 4 is 0 Å². The van der Waals surface area contributed by atoms with Crippen molar-refractivity contribution in [3.8, 4) is 58.2 Å². The van der Waals surface area contributed by atoms with Gasteiger partial charge in [-0.2, -0.15) is 0 Å². The maximum absolute atomic E-state index is 5.61. The number of methoxy groups -OCH3 is 6. The average Bonchev–Trinajstić information content (AvgIpc) is 2.89. The fraction of sp³-hybridized carbons (Fsp3) is 0.429. The highest BCUT2D eigenvalue weighted by molar-refractivity contribution is 5.59. The zero-order chi connectivity index (χ0) is 24.5. The average molecular weight is 465 g/mol. The first-order chi connectivity index (χ1) is 16.6. The van der Waals surface area contributed by atoms with E-state index in [9.17, 15) is 0 Å². The lowest BCUT2D eigenvalue weighted by Crippen LogP contribution is -2.11. The SMILES string of the molecule is COc1cc(C2C#CCCCCC#CC2c2cc(OC)c(OC)c(OC)c2)cc(OC)c1OC.